The molecule has 4 nitrogen and oxygen atoms in total. The number of nitrogen functional groups attached to an aromatic ring is 1. The highest BCUT2D eigenvalue weighted by atomic mass is 19.1. The second kappa shape index (κ2) is 5.51. The lowest BCUT2D eigenvalue weighted by Gasteiger charge is -2.03. The Bertz CT molecular complexity index is 1220. The summed E-state index contributed by atoms with van der Waals surface area (Å²) in [6.45, 7) is 0. The lowest BCUT2D eigenvalue weighted by Crippen LogP contribution is -1.87. The van der Waals surface area contributed by atoms with Crippen molar-refractivity contribution in [2.45, 2.75) is 0 Å². The van der Waals surface area contributed by atoms with E-state index in [2.05, 4.69) is 28.0 Å². The standard InChI is InChI=1S/C22H19FN4/c1-26-11-19(15-5-3-13(23)7-21(15)26)17-9-25-10-18(17)20-12-27(2)22-8-14(24)4-6-16(20)22/h3-12,25H,24H2,1-2H3. The van der Waals surface area contributed by atoms with Gasteiger partial charge in [-0.15, -0.1) is 0 Å². The number of aromatic amines is 1. The molecule has 5 rings (SSSR count). The number of aromatic nitrogens is 3. The van der Waals surface area contributed by atoms with E-state index < -0.39 is 0 Å². The molecular weight excluding hydrogens is 339 g/mol. The fraction of sp³-hybridized carbons (Fsp3) is 0.0909. The van der Waals surface area contributed by atoms with E-state index in [0.29, 0.717) is 0 Å². The molecule has 3 aromatic heterocycles. The van der Waals surface area contributed by atoms with Gasteiger partial charge in [0.2, 0.25) is 0 Å². The third-order valence-electron chi connectivity index (χ3n) is 5.29. The van der Waals surface area contributed by atoms with Gasteiger partial charge in [-0.3, -0.25) is 0 Å². The van der Waals surface area contributed by atoms with Crippen molar-refractivity contribution in [1.82, 2.24) is 14.1 Å². The van der Waals surface area contributed by atoms with Crippen LogP contribution in [0.15, 0.2) is 61.2 Å². The number of fused-ring (bicyclic) bond motifs is 2. The summed E-state index contributed by atoms with van der Waals surface area (Å²) in [6.07, 6.45) is 8.20. The van der Waals surface area contributed by atoms with Crippen molar-refractivity contribution in [2.24, 2.45) is 14.1 Å². The van der Waals surface area contributed by atoms with E-state index in [0.717, 1.165) is 49.7 Å². The number of anilines is 1. The number of hydrogen-bond donors (Lipinski definition) is 2. The third-order valence-corrected chi connectivity index (χ3v) is 5.29. The number of nitrogens with zero attached hydrogens (tertiary/aromatic N) is 2. The van der Waals surface area contributed by atoms with Crippen LogP contribution in [-0.4, -0.2) is 14.1 Å². The van der Waals surface area contributed by atoms with Crippen molar-refractivity contribution in [2.75, 3.05) is 5.73 Å². The molecule has 0 radical (unpaired) electrons. The number of nitrogens with one attached hydrogen (secondary N) is 1. The average Bonchev–Trinajstić information content (AvgIpc) is 3.32. The largest absolute Gasteiger partial charge is 0.399 e. The minimum Gasteiger partial charge on any atom is -0.399 e. The van der Waals surface area contributed by atoms with Gasteiger partial charge in [-0.25, -0.2) is 4.39 Å². The molecule has 2 aromatic carbocycles. The molecule has 0 aliphatic heterocycles. The summed E-state index contributed by atoms with van der Waals surface area (Å²) in [5.74, 6) is -0.226. The van der Waals surface area contributed by atoms with Gasteiger partial charge in [-0.05, 0) is 30.3 Å². The minimum absolute atomic E-state index is 0.226. The Morgan fingerprint density at radius 1 is 0.778 bits per heavy atom. The van der Waals surface area contributed by atoms with Crippen LogP contribution >= 0.6 is 0 Å². The molecule has 0 fully saturated rings. The van der Waals surface area contributed by atoms with Gasteiger partial charge in [-0.2, -0.15) is 0 Å². The minimum atomic E-state index is -0.226. The molecule has 27 heavy (non-hydrogen) atoms. The van der Waals surface area contributed by atoms with Gasteiger partial charge in [0.05, 0.1) is 11.0 Å². The fourth-order valence-electron chi connectivity index (χ4n) is 4.00. The van der Waals surface area contributed by atoms with Crippen LogP contribution in [0.25, 0.3) is 44.1 Å². The highest BCUT2D eigenvalue weighted by Gasteiger charge is 2.17. The van der Waals surface area contributed by atoms with Crippen LogP contribution in [0.3, 0.4) is 0 Å². The molecule has 3 heterocycles. The number of halogens is 1. The molecule has 3 N–H and O–H groups in total. The predicted octanol–water partition coefficient (Wildman–Crippen LogP) is 5.05. The van der Waals surface area contributed by atoms with E-state index in [4.69, 9.17) is 5.73 Å². The van der Waals surface area contributed by atoms with E-state index in [1.165, 1.54) is 6.07 Å². The zero-order chi connectivity index (χ0) is 18.7. The predicted molar refractivity (Wildman–Crippen MR) is 109 cm³/mol. The molecule has 0 aliphatic rings. The monoisotopic (exact) mass is 358 g/mol. The quantitative estimate of drug-likeness (QED) is 0.426. The number of rotatable bonds is 2. The summed E-state index contributed by atoms with van der Waals surface area (Å²) in [7, 11) is 3.97. The van der Waals surface area contributed by atoms with E-state index in [1.807, 2.05) is 49.3 Å². The molecule has 5 aromatic rings. The number of benzene rings is 2. The first-order valence-electron chi connectivity index (χ1n) is 8.79. The number of nitrogens with two attached hydrogens (primary N) is 1. The fourth-order valence-corrected chi connectivity index (χ4v) is 4.00. The zero-order valence-corrected chi connectivity index (χ0v) is 15.1. The zero-order valence-electron chi connectivity index (χ0n) is 15.1. The molecular formula is C22H19FN4. The van der Waals surface area contributed by atoms with Gasteiger partial charge in [-0.1, -0.05) is 6.07 Å². The van der Waals surface area contributed by atoms with E-state index >= 15 is 0 Å². The Labute approximate surface area is 155 Å². The van der Waals surface area contributed by atoms with Crippen molar-refractivity contribution in [3.63, 3.8) is 0 Å². The smallest absolute Gasteiger partial charge is 0.125 e. The molecule has 5 heteroatoms. The van der Waals surface area contributed by atoms with Crippen molar-refractivity contribution in [1.29, 1.82) is 0 Å². The maximum absolute atomic E-state index is 13.7. The van der Waals surface area contributed by atoms with Crippen LogP contribution in [0.2, 0.25) is 0 Å². The van der Waals surface area contributed by atoms with E-state index in [1.54, 1.807) is 6.07 Å². The average molecular weight is 358 g/mol. The molecule has 0 saturated heterocycles. The van der Waals surface area contributed by atoms with Gasteiger partial charge in [0.1, 0.15) is 5.82 Å². The summed E-state index contributed by atoms with van der Waals surface area (Å²) in [6, 6.07) is 10.9. The van der Waals surface area contributed by atoms with Crippen molar-refractivity contribution in [3.05, 3.63) is 67.0 Å². The number of aryl methyl sites for hydroxylation is 2. The molecule has 0 atom stereocenters. The number of H-pyrrole nitrogens is 1. The Hall–Kier alpha value is -3.47. The Kier molecular flexibility index (Phi) is 3.22. The number of hydrogen-bond acceptors (Lipinski definition) is 1. The lowest BCUT2D eigenvalue weighted by molar-refractivity contribution is 0.629. The molecule has 0 bridgehead atoms. The normalized spacial score (nSPS) is 11.7. The van der Waals surface area contributed by atoms with Crippen LogP contribution in [0.1, 0.15) is 0 Å². The van der Waals surface area contributed by atoms with Crippen LogP contribution in [0.4, 0.5) is 10.1 Å². The van der Waals surface area contributed by atoms with E-state index in [9.17, 15) is 4.39 Å². The summed E-state index contributed by atoms with van der Waals surface area (Å²) in [4.78, 5) is 3.25. The first kappa shape index (κ1) is 15.8. The van der Waals surface area contributed by atoms with Crippen molar-refractivity contribution < 1.29 is 4.39 Å². The van der Waals surface area contributed by atoms with Gasteiger partial charge in [0, 0.05) is 77.6 Å². The second-order valence-electron chi connectivity index (χ2n) is 7.03. The van der Waals surface area contributed by atoms with Crippen LogP contribution < -0.4 is 5.73 Å². The topological polar surface area (TPSA) is 51.7 Å². The summed E-state index contributed by atoms with van der Waals surface area (Å²) < 4.78 is 17.8. The molecule has 0 aliphatic carbocycles. The lowest BCUT2D eigenvalue weighted by atomic mass is 9.98. The maximum atomic E-state index is 13.7. The van der Waals surface area contributed by atoms with Gasteiger partial charge < -0.3 is 19.9 Å². The molecule has 0 unspecified atom stereocenters. The Morgan fingerprint density at radius 2 is 1.33 bits per heavy atom. The van der Waals surface area contributed by atoms with Gasteiger partial charge in [0.15, 0.2) is 0 Å². The first-order chi connectivity index (χ1) is 13.0. The highest BCUT2D eigenvalue weighted by molar-refractivity contribution is 6.05. The molecule has 0 saturated carbocycles. The van der Waals surface area contributed by atoms with Crippen LogP contribution in [-0.2, 0) is 14.1 Å². The SMILES string of the molecule is Cn1cc(-c2c[nH]cc2-c2cn(C)c3cc(F)ccc23)c2ccc(N)cc21. The molecule has 0 amide bonds. The Morgan fingerprint density at radius 3 is 1.96 bits per heavy atom. The summed E-state index contributed by atoms with van der Waals surface area (Å²) >= 11 is 0. The summed E-state index contributed by atoms with van der Waals surface area (Å²) in [5.41, 5.74) is 13.1. The first-order valence-corrected chi connectivity index (χ1v) is 8.79. The van der Waals surface area contributed by atoms with Crippen molar-refractivity contribution in [3.8, 4) is 22.3 Å². The maximum Gasteiger partial charge on any atom is 0.125 e. The van der Waals surface area contributed by atoms with E-state index in [-0.39, 0.29) is 5.82 Å². The van der Waals surface area contributed by atoms with Crippen LogP contribution in [0.5, 0.6) is 0 Å². The summed E-state index contributed by atoms with van der Waals surface area (Å²) in [5, 5.41) is 2.18. The molecule has 0 spiro atoms. The van der Waals surface area contributed by atoms with Crippen LogP contribution in [0, 0.1) is 5.82 Å². The third kappa shape index (κ3) is 2.28. The van der Waals surface area contributed by atoms with Gasteiger partial charge >= 0.3 is 0 Å². The Balaban J connectivity index is 1.77. The van der Waals surface area contributed by atoms with Gasteiger partial charge in [0.25, 0.3) is 0 Å². The second-order valence-corrected chi connectivity index (χ2v) is 7.03. The van der Waals surface area contributed by atoms with Crippen molar-refractivity contribution >= 4 is 27.5 Å². The highest BCUT2D eigenvalue weighted by Crippen LogP contribution is 2.40. The molecule has 134 valence electrons.